The number of nitrogens with two attached hydrogens (primary N) is 1. The number of carbonyl (C=O) groups excluding carboxylic acids is 1. The maximum absolute atomic E-state index is 11.0. The second-order valence-electron chi connectivity index (χ2n) is 3.84. The molecule has 1 heterocycles. The lowest BCUT2D eigenvalue weighted by Crippen LogP contribution is -2.39. The van der Waals surface area contributed by atoms with E-state index in [4.69, 9.17) is 5.73 Å². The van der Waals surface area contributed by atoms with Crippen molar-refractivity contribution >= 4 is 17.2 Å². The predicted octanol–water partition coefficient (Wildman–Crippen LogP) is 1.10. The summed E-state index contributed by atoms with van der Waals surface area (Å²) in [6.07, 6.45) is 0. The molecule has 4 heteroatoms. The maximum atomic E-state index is 11.0. The number of carbonyl (C=O) groups is 1. The second kappa shape index (κ2) is 4.57. The van der Waals surface area contributed by atoms with Crippen molar-refractivity contribution in [2.45, 2.75) is 19.3 Å². The summed E-state index contributed by atoms with van der Waals surface area (Å²) in [4.78, 5) is 12.3. The van der Waals surface area contributed by atoms with Crippen LogP contribution in [0.4, 0.5) is 0 Å². The molecule has 1 rings (SSSR count). The number of nitrogens with one attached hydrogen (secondary N) is 1. The van der Waals surface area contributed by atoms with Crippen LogP contribution in [0.15, 0.2) is 17.5 Å². The van der Waals surface area contributed by atoms with Crippen molar-refractivity contribution < 1.29 is 4.79 Å². The van der Waals surface area contributed by atoms with E-state index in [-0.39, 0.29) is 17.9 Å². The monoisotopic (exact) mass is 212 g/mol. The summed E-state index contributed by atoms with van der Waals surface area (Å²) in [6, 6.07) is 4.10. The largest absolute Gasteiger partial charge is 0.354 e. The molecular formula is C10H16N2OS. The standard InChI is InChI=1S/C10H16N2OS/c1-10(2,7-12-9(13)6-11)8-4-3-5-14-8/h3-5H,6-7,11H2,1-2H3,(H,12,13). The summed E-state index contributed by atoms with van der Waals surface area (Å²) in [7, 11) is 0. The molecule has 0 spiro atoms. The van der Waals surface area contributed by atoms with Crippen LogP contribution >= 0.6 is 11.3 Å². The zero-order valence-electron chi connectivity index (χ0n) is 8.54. The lowest BCUT2D eigenvalue weighted by Gasteiger charge is -2.23. The minimum Gasteiger partial charge on any atom is -0.354 e. The number of hydrogen-bond donors (Lipinski definition) is 2. The molecule has 0 aliphatic carbocycles. The van der Waals surface area contributed by atoms with Gasteiger partial charge in [-0.3, -0.25) is 4.79 Å². The van der Waals surface area contributed by atoms with Crippen LogP contribution in [-0.4, -0.2) is 19.0 Å². The van der Waals surface area contributed by atoms with Crippen LogP contribution in [0.5, 0.6) is 0 Å². The van der Waals surface area contributed by atoms with Gasteiger partial charge in [0.15, 0.2) is 0 Å². The van der Waals surface area contributed by atoms with Crippen molar-refractivity contribution in [2.75, 3.05) is 13.1 Å². The molecule has 0 unspecified atom stereocenters. The molecule has 3 N–H and O–H groups in total. The Morgan fingerprint density at radius 1 is 1.64 bits per heavy atom. The average molecular weight is 212 g/mol. The van der Waals surface area contributed by atoms with Crippen LogP contribution in [0.1, 0.15) is 18.7 Å². The van der Waals surface area contributed by atoms with Crippen LogP contribution in [0, 0.1) is 0 Å². The van der Waals surface area contributed by atoms with Crippen LogP contribution < -0.4 is 11.1 Å². The molecule has 0 fully saturated rings. The van der Waals surface area contributed by atoms with Crippen molar-refractivity contribution in [2.24, 2.45) is 5.73 Å². The summed E-state index contributed by atoms with van der Waals surface area (Å²) in [5.74, 6) is -0.102. The van der Waals surface area contributed by atoms with Gasteiger partial charge in [0, 0.05) is 16.8 Å². The van der Waals surface area contributed by atoms with Crippen LogP contribution in [0.3, 0.4) is 0 Å². The van der Waals surface area contributed by atoms with E-state index >= 15 is 0 Å². The van der Waals surface area contributed by atoms with E-state index in [9.17, 15) is 4.79 Å². The molecule has 0 aromatic carbocycles. The molecule has 1 aromatic heterocycles. The first-order valence-corrected chi connectivity index (χ1v) is 5.45. The Kier molecular flexibility index (Phi) is 3.66. The molecular weight excluding hydrogens is 196 g/mol. The van der Waals surface area contributed by atoms with E-state index in [1.165, 1.54) is 4.88 Å². The summed E-state index contributed by atoms with van der Waals surface area (Å²) < 4.78 is 0. The van der Waals surface area contributed by atoms with E-state index in [0.717, 1.165) is 0 Å². The predicted molar refractivity (Wildman–Crippen MR) is 59.4 cm³/mol. The summed E-state index contributed by atoms with van der Waals surface area (Å²) in [5.41, 5.74) is 5.20. The van der Waals surface area contributed by atoms with Crippen molar-refractivity contribution in [3.8, 4) is 0 Å². The lowest BCUT2D eigenvalue weighted by molar-refractivity contribution is -0.119. The molecule has 0 saturated heterocycles. The molecule has 78 valence electrons. The van der Waals surface area contributed by atoms with E-state index < -0.39 is 0 Å². The van der Waals surface area contributed by atoms with Crippen molar-refractivity contribution in [3.05, 3.63) is 22.4 Å². The Morgan fingerprint density at radius 2 is 2.36 bits per heavy atom. The Bertz CT molecular complexity index is 293. The first-order valence-electron chi connectivity index (χ1n) is 4.57. The molecule has 14 heavy (non-hydrogen) atoms. The van der Waals surface area contributed by atoms with Crippen molar-refractivity contribution in [1.29, 1.82) is 0 Å². The summed E-state index contributed by atoms with van der Waals surface area (Å²) in [6.45, 7) is 4.90. The van der Waals surface area contributed by atoms with Crippen molar-refractivity contribution in [1.82, 2.24) is 5.32 Å². The Balaban J connectivity index is 2.54. The third kappa shape index (κ3) is 2.82. The third-order valence-electron chi connectivity index (χ3n) is 2.10. The topological polar surface area (TPSA) is 55.1 Å². The van der Waals surface area contributed by atoms with E-state index in [1.54, 1.807) is 11.3 Å². The fraction of sp³-hybridized carbons (Fsp3) is 0.500. The highest BCUT2D eigenvalue weighted by molar-refractivity contribution is 7.10. The minimum absolute atomic E-state index is 0.0149. The smallest absolute Gasteiger partial charge is 0.233 e. The van der Waals surface area contributed by atoms with Gasteiger partial charge in [0.1, 0.15) is 0 Å². The van der Waals surface area contributed by atoms with Gasteiger partial charge < -0.3 is 11.1 Å². The third-order valence-corrected chi connectivity index (χ3v) is 3.34. The highest BCUT2D eigenvalue weighted by atomic mass is 32.1. The molecule has 3 nitrogen and oxygen atoms in total. The molecule has 0 aliphatic heterocycles. The fourth-order valence-corrected chi connectivity index (χ4v) is 1.99. The van der Waals surface area contributed by atoms with Crippen LogP contribution in [0.2, 0.25) is 0 Å². The molecule has 0 saturated carbocycles. The highest BCUT2D eigenvalue weighted by Crippen LogP contribution is 2.26. The van der Waals surface area contributed by atoms with Gasteiger partial charge >= 0.3 is 0 Å². The first-order chi connectivity index (χ1) is 6.56. The van der Waals surface area contributed by atoms with Gasteiger partial charge in [-0.2, -0.15) is 0 Å². The number of amides is 1. The minimum atomic E-state index is -0.102. The Morgan fingerprint density at radius 3 is 2.86 bits per heavy atom. The first kappa shape index (κ1) is 11.2. The Hall–Kier alpha value is -0.870. The maximum Gasteiger partial charge on any atom is 0.233 e. The van der Waals surface area contributed by atoms with Gasteiger partial charge in [0.25, 0.3) is 0 Å². The number of hydrogen-bond acceptors (Lipinski definition) is 3. The zero-order valence-corrected chi connectivity index (χ0v) is 9.36. The van der Waals surface area contributed by atoms with Crippen LogP contribution in [-0.2, 0) is 10.2 Å². The average Bonchev–Trinajstić information content (AvgIpc) is 2.67. The van der Waals surface area contributed by atoms with Crippen LogP contribution in [0.25, 0.3) is 0 Å². The van der Waals surface area contributed by atoms with E-state index in [0.29, 0.717) is 6.54 Å². The molecule has 0 radical (unpaired) electrons. The highest BCUT2D eigenvalue weighted by Gasteiger charge is 2.21. The molecule has 0 atom stereocenters. The van der Waals surface area contributed by atoms with Gasteiger partial charge in [0.05, 0.1) is 6.54 Å². The Labute approximate surface area is 88.3 Å². The second-order valence-corrected chi connectivity index (χ2v) is 4.79. The van der Waals surface area contributed by atoms with E-state index in [2.05, 4.69) is 25.2 Å². The van der Waals surface area contributed by atoms with Gasteiger partial charge in [-0.15, -0.1) is 11.3 Å². The molecule has 0 aliphatic rings. The SMILES string of the molecule is CC(C)(CNC(=O)CN)c1cccs1. The summed E-state index contributed by atoms with van der Waals surface area (Å²) in [5, 5.41) is 4.85. The number of thiophene rings is 1. The zero-order chi connectivity index (χ0) is 10.6. The normalized spacial score (nSPS) is 11.4. The van der Waals surface area contributed by atoms with Gasteiger partial charge in [-0.25, -0.2) is 0 Å². The van der Waals surface area contributed by atoms with E-state index in [1.807, 2.05) is 11.4 Å². The van der Waals surface area contributed by atoms with Crippen molar-refractivity contribution in [3.63, 3.8) is 0 Å². The molecule has 1 amide bonds. The fourth-order valence-electron chi connectivity index (χ4n) is 1.14. The number of rotatable bonds is 4. The lowest BCUT2D eigenvalue weighted by atomic mass is 9.91. The van der Waals surface area contributed by atoms with Gasteiger partial charge in [-0.05, 0) is 11.4 Å². The van der Waals surface area contributed by atoms with Gasteiger partial charge in [0.2, 0.25) is 5.91 Å². The quantitative estimate of drug-likeness (QED) is 0.785. The van der Waals surface area contributed by atoms with Gasteiger partial charge in [-0.1, -0.05) is 19.9 Å². The molecule has 0 bridgehead atoms. The molecule has 1 aromatic rings. The summed E-state index contributed by atoms with van der Waals surface area (Å²) >= 11 is 1.71.